The molecule has 9 heteroatoms. The summed E-state index contributed by atoms with van der Waals surface area (Å²) in [6.07, 6.45) is 1.54. The monoisotopic (exact) mass is 475 g/mol. The first-order valence-electron chi connectivity index (χ1n) is 11.1. The Hall–Kier alpha value is -5.23. The van der Waals surface area contributed by atoms with Gasteiger partial charge in [0.2, 0.25) is 11.9 Å². The number of aryl methyl sites for hydroxylation is 2. The van der Waals surface area contributed by atoms with Gasteiger partial charge in [-0.1, -0.05) is 12.1 Å². The number of hydrogen-bond acceptors (Lipinski definition) is 7. The third kappa shape index (κ3) is 4.43. The zero-order chi connectivity index (χ0) is 25.2. The molecule has 1 amide bonds. The predicted octanol–water partition coefficient (Wildman–Crippen LogP) is 5.14. The summed E-state index contributed by atoms with van der Waals surface area (Å²) in [5, 5.41) is 12.1. The van der Waals surface area contributed by atoms with Crippen molar-refractivity contribution in [3.05, 3.63) is 89.2 Å². The summed E-state index contributed by atoms with van der Waals surface area (Å²) >= 11 is 0. The number of amides is 1. The van der Waals surface area contributed by atoms with E-state index in [4.69, 9.17) is 15.7 Å². The summed E-state index contributed by atoms with van der Waals surface area (Å²) < 4.78 is 6.30. The normalized spacial score (nSPS) is 10.7. The molecule has 3 aromatic carbocycles. The number of hydrogen-bond donors (Lipinski definition) is 3. The number of aromatic amines is 1. The maximum atomic E-state index is 11.4. The number of anilines is 2. The van der Waals surface area contributed by atoms with Crippen LogP contribution in [0.2, 0.25) is 0 Å². The number of fused-ring (bicyclic) bond motifs is 1. The van der Waals surface area contributed by atoms with E-state index >= 15 is 0 Å². The summed E-state index contributed by atoms with van der Waals surface area (Å²) in [7, 11) is 0. The third-order valence-electron chi connectivity index (χ3n) is 5.68. The molecule has 0 saturated heterocycles. The molecule has 0 saturated carbocycles. The maximum Gasteiger partial charge on any atom is 0.250 e. The van der Waals surface area contributed by atoms with E-state index in [1.807, 2.05) is 38.1 Å². The second-order valence-corrected chi connectivity index (χ2v) is 8.25. The molecule has 2 heterocycles. The highest BCUT2D eigenvalue weighted by Gasteiger charge is 2.16. The van der Waals surface area contributed by atoms with Gasteiger partial charge in [0.15, 0.2) is 5.65 Å². The van der Waals surface area contributed by atoms with Crippen molar-refractivity contribution >= 4 is 28.7 Å². The second kappa shape index (κ2) is 9.19. The van der Waals surface area contributed by atoms with E-state index in [0.29, 0.717) is 39.9 Å². The SMILES string of the molecule is Cc1cc(-c2ccc(C(N)=O)cc2)cc(C)c1Oc1nc(Nc2ccc(C#N)cc2)nc2nc[nH]c12. The predicted molar refractivity (Wildman–Crippen MR) is 136 cm³/mol. The van der Waals surface area contributed by atoms with Gasteiger partial charge in [-0.05, 0) is 84.6 Å². The minimum absolute atomic E-state index is 0.316. The second-order valence-electron chi connectivity index (χ2n) is 8.25. The number of nitrogens with one attached hydrogen (secondary N) is 2. The molecule has 0 unspecified atom stereocenters. The summed E-state index contributed by atoms with van der Waals surface area (Å²) in [5.74, 6) is 0.862. The van der Waals surface area contributed by atoms with Crippen molar-refractivity contribution in [3.63, 3.8) is 0 Å². The lowest BCUT2D eigenvalue weighted by molar-refractivity contribution is 0.100. The van der Waals surface area contributed by atoms with Crippen molar-refractivity contribution in [1.82, 2.24) is 19.9 Å². The Morgan fingerprint density at radius 1 is 1.00 bits per heavy atom. The molecule has 9 nitrogen and oxygen atoms in total. The maximum absolute atomic E-state index is 11.4. The van der Waals surface area contributed by atoms with Gasteiger partial charge in [-0.25, -0.2) is 4.98 Å². The third-order valence-corrected chi connectivity index (χ3v) is 5.68. The first kappa shape index (κ1) is 22.6. The molecule has 4 N–H and O–H groups in total. The number of ether oxygens (including phenoxy) is 1. The van der Waals surface area contributed by atoms with Crippen molar-refractivity contribution in [3.8, 4) is 28.8 Å². The number of nitrogens with zero attached hydrogens (tertiary/aromatic N) is 4. The van der Waals surface area contributed by atoms with Crippen molar-refractivity contribution in [2.45, 2.75) is 13.8 Å². The van der Waals surface area contributed by atoms with Crippen LogP contribution in [0, 0.1) is 25.2 Å². The number of aromatic nitrogens is 4. The number of nitriles is 1. The Labute approximate surface area is 206 Å². The fourth-order valence-corrected chi connectivity index (χ4v) is 3.90. The van der Waals surface area contributed by atoms with Crippen LogP contribution in [0.4, 0.5) is 11.6 Å². The van der Waals surface area contributed by atoms with Gasteiger partial charge in [0.25, 0.3) is 5.88 Å². The van der Waals surface area contributed by atoms with Crippen LogP contribution < -0.4 is 15.8 Å². The van der Waals surface area contributed by atoms with Gasteiger partial charge in [-0.15, -0.1) is 0 Å². The van der Waals surface area contributed by atoms with Crippen LogP contribution in [-0.4, -0.2) is 25.8 Å². The number of benzene rings is 3. The number of rotatable bonds is 6. The zero-order valence-corrected chi connectivity index (χ0v) is 19.5. The van der Waals surface area contributed by atoms with Gasteiger partial charge in [-0.2, -0.15) is 15.2 Å². The van der Waals surface area contributed by atoms with E-state index < -0.39 is 5.91 Å². The number of H-pyrrole nitrogens is 1. The number of carbonyl (C=O) groups excluding carboxylic acids is 1. The fourth-order valence-electron chi connectivity index (χ4n) is 3.90. The molecule has 176 valence electrons. The van der Waals surface area contributed by atoms with Gasteiger partial charge >= 0.3 is 0 Å². The Kier molecular flexibility index (Phi) is 5.76. The molecule has 0 aliphatic carbocycles. The summed E-state index contributed by atoms with van der Waals surface area (Å²) in [4.78, 5) is 27.7. The van der Waals surface area contributed by atoms with Crippen LogP contribution in [0.3, 0.4) is 0 Å². The highest BCUT2D eigenvalue weighted by molar-refractivity contribution is 5.93. The molecule has 5 rings (SSSR count). The Balaban J connectivity index is 1.47. The average Bonchev–Trinajstić information content (AvgIpc) is 3.35. The van der Waals surface area contributed by atoms with Gasteiger partial charge in [0.1, 0.15) is 11.3 Å². The lowest BCUT2D eigenvalue weighted by Gasteiger charge is -2.15. The van der Waals surface area contributed by atoms with E-state index in [1.165, 1.54) is 6.33 Å². The Bertz CT molecular complexity index is 1610. The van der Waals surface area contributed by atoms with Gasteiger partial charge in [0, 0.05) is 11.3 Å². The van der Waals surface area contributed by atoms with Crippen LogP contribution in [0.15, 0.2) is 67.0 Å². The topological polar surface area (TPSA) is 143 Å². The van der Waals surface area contributed by atoms with Crippen molar-refractivity contribution in [2.75, 3.05) is 5.32 Å². The van der Waals surface area contributed by atoms with Crippen molar-refractivity contribution in [1.29, 1.82) is 5.26 Å². The van der Waals surface area contributed by atoms with Crippen LogP contribution in [0.25, 0.3) is 22.3 Å². The average molecular weight is 476 g/mol. The van der Waals surface area contributed by atoms with Crippen LogP contribution >= 0.6 is 0 Å². The van der Waals surface area contributed by atoms with E-state index in [-0.39, 0.29) is 0 Å². The quantitative estimate of drug-likeness (QED) is 0.308. The number of primary amides is 1. The fraction of sp³-hybridized carbons (Fsp3) is 0.0741. The van der Waals surface area contributed by atoms with Gasteiger partial charge < -0.3 is 20.8 Å². The van der Waals surface area contributed by atoms with Gasteiger partial charge in [-0.3, -0.25) is 4.79 Å². The van der Waals surface area contributed by atoms with Crippen molar-refractivity contribution in [2.24, 2.45) is 5.73 Å². The molecular weight excluding hydrogens is 454 g/mol. The molecule has 2 aromatic heterocycles. The van der Waals surface area contributed by atoms with E-state index in [2.05, 4.69) is 31.3 Å². The van der Waals surface area contributed by atoms with E-state index in [1.54, 1.807) is 36.4 Å². The molecule has 0 bridgehead atoms. The van der Waals surface area contributed by atoms with E-state index in [0.717, 1.165) is 27.9 Å². The van der Waals surface area contributed by atoms with Crippen molar-refractivity contribution < 1.29 is 9.53 Å². The van der Waals surface area contributed by atoms with E-state index in [9.17, 15) is 4.79 Å². The summed E-state index contributed by atoms with van der Waals surface area (Å²) in [6, 6.07) is 20.3. The Morgan fingerprint density at radius 3 is 2.33 bits per heavy atom. The van der Waals surface area contributed by atoms with Gasteiger partial charge in [0.05, 0.1) is 18.0 Å². The highest BCUT2D eigenvalue weighted by Crippen LogP contribution is 2.35. The molecule has 36 heavy (non-hydrogen) atoms. The number of imidazole rings is 1. The van der Waals surface area contributed by atoms with Crippen LogP contribution in [0.1, 0.15) is 27.0 Å². The summed E-state index contributed by atoms with van der Waals surface area (Å²) in [6.45, 7) is 3.93. The standard InChI is InChI=1S/C27H21N7O2/c1-15-11-20(18-5-7-19(8-6-18)24(29)35)12-16(2)23(15)36-26-22-25(31-14-30-22)33-27(34-26)32-21-9-3-17(13-28)4-10-21/h3-12,14H,1-2H3,(H2,29,35)(H2,30,31,32,33,34). The zero-order valence-electron chi connectivity index (χ0n) is 19.5. The molecule has 0 spiro atoms. The molecular formula is C27H21N7O2. The Morgan fingerprint density at radius 2 is 1.69 bits per heavy atom. The molecule has 0 radical (unpaired) electrons. The van der Waals surface area contributed by atoms with Crippen LogP contribution in [0.5, 0.6) is 11.6 Å². The van der Waals surface area contributed by atoms with Crippen LogP contribution in [-0.2, 0) is 0 Å². The first-order valence-corrected chi connectivity index (χ1v) is 11.1. The number of nitrogens with two attached hydrogens (primary N) is 1. The smallest absolute Gasteiger partial charge is 0.250 e. The minimum Gasteiger partial charge on any atom is -0.436 e. The molecule has 0 aliphatic heterocycles. The summed E-state index contributed by atoms with van der Waals surface area (Å²) in [5.41, 5.74) is 11.9. The first-order chi connectivity index (χ1) is 17.4. The molecule has 0 aliphatic rings. The highest BCUT2D eigenvalue weighted by atomic mass is 16.5. The molecule has 5 aromatic rings. The minimum atomic E-state index is -0.458. The molecule has 0 fully saturated rings. The largest absolute Gasteiger partial charge is 0.436 e. The lowest BCUT2D eigenvalue weighted by atomic mass is 9.99. The molecule has 0 atom stereocenters. The number of carbonyl (C=O) groups is 1. The lowest BCUT2D eigenvalue weighted by Crippen LogP contribution is -2.10.